The minimum absolute atomic E-state index is 0.694. The molecule has 1 heterocycles. The Bertz CT molecular complexity index is 372. The third-order valence-electron chi connectivity index (χ3n) is 4.05. The van der Waals surface area contributed by atoms with Crippen molar-refractivity contribution in [2.45, 2.75) is 45.7 Å². The third kappa shape index (κ3) is 2.90. The lowest BCUT2D eigenvalue weighted by molar-refractivity contribution is 0.193. The highest BCUT2D eigenvalue weighted by Gasteiger charge is 2.29. The zero-order chi connectivity index (χ0) is 12.4. The first-order valence-electron chi connectivity index (χ1n) is 6.58. The molecule has 0 spiro atoms. The van der Waals surface area contributed by atoms with E-state index in [0.717, 1.165) is 13.1 Å². The quantitative estimate of drug-likeness (QED) is 0.893. The third-order valence-corrected chi connectivity index (χ3v) is 5.06. The Labute approximate surface area is 109 Å². The van der Waals surface area contributed by atoms with Crippen molar-refractivity contribution in [3.63, 3.8) is 0 Å². The first-order chi connectivity index (χ1) is 8.11. The van der Waals surface area contributed by atoms with E-state index in [1.165, 1.54) is 34.6 Å². The molecule has 0 aromatic carbocycles. The van der Waals surface area contributed by atoms with Crippen LogP contribution in [0, 0.1) is 19.8 Å². The van der Waals surface area contributed by atoms with Crippen LogP contribution in [0.5, 0.6) is 0 Å². The minimum atomic E-state index is 0.694. The summed E-state index contributed by atoms with van der Waals surface area (Å²) in [6, 6.07) is 3.03. The molecule has 0 saturated heterocycles. The van der Waals surface area contributed by atoms with Gasteiger partial charge >= 0.3 is 0 Å². The molecule has 3 heteroatoms. The average Bonchev–Trinajstić information content (AvgIpc) is 2.85. The molecule has 2 N–H and O–H groups in total. The van der Waals surface area contributed by atoms with Gasteiger partial charge in [-0.05, 0) is 57.8 Å². The summed E-state index contributed by atoms with van der Waals surface area (Å²) < 4.78 is 0. The maximum absolute atomic E-state index is 5.86. The lowest BCUT2D eigenvalue weighted by atomic mass is 10.0. The van der Waals surface area contributed by atoms with Gasteiger partial charge in [-0.15, -0.1) is 11.3 Å². The summed E-state index contributed by atoms with van der Waals surface area (Å²) in [7, 11) is 2.26. The highest BCUT2D eigenvalue weighted by Crippen LogP contribution is 2.30. The van der Waals surface area contributed by atoms with Gasteiger partial charge in [0, 0.05) is 22.3 Å². The van der Waals surface area contributed by atoms with Crippen LogP contribution in [0.15, 0.2) is 6.07 Å². The van der Waals surface area contributed by atoms with E-state index in [0.29, 0.717) is 12.0 Å². The molecule has 2 rings (SSSR count). The van der Waals surface area contributed by atoms with E-state index < -0.39 is 0 Å². The zero-order valence-corrected chi connectivity index (χ0v) is 12.0. The maximum Gasteiger partial charge on any atom is 0.0244 e. The van der Waals surface area contributed by atoms with Gasteiger partial charge in [0.2, 0.25) is 0 Å². The average molecular weight is 252 g/mol. The molecule has 0 aliphatic heterocycles. The fourth-order valence-corrected chi connectivity index (χ4v) is 4.04. The molecule has 1 aliphatic carbocycles. The van der Waals surface area contributed by atoms with Crippen LogP contribution in [0.4, 0.5) is 0 Å². The summed E-state index contributed by atoms with van der Waals surface area (Å²) in [4.78, 5) is 5.41. The molecule has 2 atom stereocenters. The molecule has 1 fully saturated rings. The van der Waals surface area contributed by atoms with Gasteiger partial charge in [-0.2, -0.15) is 0 Å². The van der Waals surface area contributed by atoms with Gasteiger partial charge in [0.15, 0.2) is 0 Å². The van der Waals surface area contributed by atoms with Crippen LogP contribution in [0.3, 0.4) is 0 Å². The van der Waals surface area contributed by atoms with E-state index in [4.69, 9.17) is 5.73 Å². The molecule has 1 aliphatic rings. The molecule has 1 aromatic heterocycles. The molecule has 0 bridgehead atoms. The van der Waals surface area contributed by atoms with Crippen molar-refractivity contribution in [2.75, 3.05) is 13.6 Å². The van der Waals surface area contributed by atoms with E-state index in [9.17, 15) is 0 Å². The van der Waals surface area contributed by atoms with Gasteiger partial charge in [0.1, 0.15) is 0 Å². The summed E-state index contributed by atoms with van der Waals surface area (Å²) in [5.74, 6) is 0.708. The number of aryl methyl sites for hydroxylation is 2. The van der Waals surface area contributed by atoms with Gasteiger partial charge < -0.3 is 5.73 Å². The molecule has 96 valence electrons. The van der Waals surface area contributed by atoms with E-state index in [1.54, 1.807) is 0 Å². The zero-order valence-electron chi connectivity index (χ0n) is 11.2. The molecule has 1 aromatic rings. The van der Waals surface area contributed by atoms with Crippen LogP contribution in [0.1, 0.15) is 34.6 Å². The minimum Gasteiger partial charge on any atom is -0.330 e. The Morgan fingerprint density at radius 1 is 1.41 bits per heavy atom. The Morgan fingerprint density at radius 3 is 2.76 bits per heavy atom. The second-order valence-electron chi connectivity index (χ2n) is 5.35. The van der Waals surface area contributed by atoms with Gasteiger partial charge in [0.25, 0.3) is 0 Å². The maximum atomic E-state index is 5.86. The predicted octanol–water partition coefficient (Wildman–Crippen LogP) is 2.92. The van der Waals surface area contributed by atoms with Crippen molar-refractivity contribution in [2.24, 2.45) is 11.7 Å². The molecule has 0 amide bonds. The van der Waals surface area contributed by atoms with Crippen LogP contribution >= 0.6 is 11.3 Å². The molecule has 0 radical (unpaired) electrons. The monoisotopic (exact) mass is 252 g/mol. The highest BCUT2D eigenvalue weighted by atomic mass is 32.1. The van der Waals surface area contributed by atoms with Crippen molar-refractivity contribution >= 4 is 11.3 Å². The van der Waals surface area contributed by atoms with Crippen LogP contribution in [-0.4, -0.2) is 24.5 Å². The van der Waals surface area contributed by atoms with Crippen molar-refractivity contribution in [1.29, 1.82) is 0 Å². The summed E-state index contributed by atoms with van der Waals surface area (Å²) in [6.45, 7) is 6.35. The standard InChI is InChI=1S/C14H24N2S/c1-10-7-13(11(2)17-10)9-16(3)14-6-4-5-12(14)8-15/h7,12,14H,4-6,8-9,15H2,1-3H3. The number of rotatable bonds is 4. The summed E-state index contributed by atoms with van der Waals surface area (Å²) in [5, 5.41) is 0. The van der Waals surface area contributed by atoms with Crippen LogP contribution in [-0.2, 0) is 6.54 Å². The van der Waals surface area contributed by atoms with Crippen LogP contribution in [0.2, 0.25) is 0 Å². The van der Waals surface area contributed by atoms with Crippen molar-refractivity contribution in [3.8, 4) is 0 Å². The Kier molecular flexibility index (Phi) is 4.23. The summed E-state index contributed by atoms with van der Waals surface area (Å²) in [5.41, 5.74) is 7.36. The van der Waals surface area contributed by atoms with Gasteiger partial charge in [-0.3, -0.25) is 4.90 Å². The second kappa shape index (κ2) is 5.51. The smallest absolute Gasteiger partial charge is 0.0244 e. The largest absolute Gasteiger partial charge is 0.330 e. The van der Waals surface area contributed by atoms with Gasteiger partial charge in [0.05, 0.1) is 0 Å². The Balaban J connectivity index is 2.01. The lowest BCUT2D eigenvalue weighted by Crippen LogP contribution is -2.37. The van der Waals surface area contributed by atoms with Gasteiger partial charge in [-0.25, -0.2) is 0 Å². The lowest BCUT2D eigenvalue weighted by Gasteiger charge is -2.29. The van der Waals surface area contributed by atoms with Crippen molar-refractivity contribution < 1.29 is 0 Å². The molecule has 17 heavy (non-hydrogen) atoms. The summed E-state index contributed by atoms with van der Waals surface area (Å²) in [6.07, 6.45) is 3.98. The van der Waals surface area contributed by atoms with Gasteiger partial charge in [-0.1, -0.05) is 6.42 Å². The van der Waals surface area contributed by atoms with Crippen molar-refractivity contribution in [3.05, 3.63) is 21.4 Å². The second-order valence-corrected chi connectivity index (χ2v) is 6.81. The SMILES string of the molecule is Cc1cc(CN(C)C2CCCC2CN)c(C)s1. The molecular formula is C14H24N2S. The Hall–Kier alpha value is -0.380. The number of nitrogens with zero attached hydrogens (tertiary/aromatic N) is 1. The topological polar surface area (TPSA) is 29.3 Å². The predicted molar refractivity (Wildman–Crippen MR) is 75.4 cm³/mol. The van der Waals surface area contributed by atoms with Crippen molar-refractivity contribution in [1.82, 2.24) is 4.90 Å². The number of hydrogen-bond acceptors (Lipinski definition) is 3. The number of hydrogen-bond donors (Lipinski definition) is 1. The Morgan fingerprint density at radius 2 is 2.18 bits per heavy atom. The fourth-order valence-electron chi connectivity index (χ4n) is 3.10. The van der Waals surface area contributed by atoms with E-state index >= 15 is 0 Å². The van der Waals surface area contributed by atoms with E-state index in [2.05, 4.69) is 31.9 Å². The van der Waals surface area contributed by atoms with E-state index in [1.807, 2.05) is 11.3 Å². The fraction of sp³-hybridized carbons (Fsp3) is 0.714. The van der Waals surface area contributed by atoms with Crippen LogP contribution in [0.25, 0.3) is 0 Å². The molecule has 1 saturated carbocycles. The number of thiophene rings is 1. The van der Waals surface area contributed by atoms with Crippen LogP contribution < -0.4 is 5.73 Å². The van der Waals surface area contributed by atoms with E-state index in [-0.39, 0.29) is 0 Å². The molecule has 2 unspecified atom stereocenters. The summed E-state index contributed by atoms with van der Waals surface area (Å²) >= 11 is 1.91. The highest BCUT2D eigenvalue weighted by molar-refractivity contribution is 7.12. The number of nitrogens with two attached hydrogens (primary N) is 1. The molecule has 2 nitrogen and oxygen atoms in total. The molecular weight excluding hydrogens is 228 g/mol. The first-order valence-corrected chi connectivity index (χ1v) is 7.39. The first kappa shape index (κ1) is 13.1. The normalized spacial score (nSPS) is 24.8.